The summed E-state index contributed by atoms with van der Waals surface area (Å²) in [5, 5.41) is 0. The molecule has 0 aromatic rings. The van der Waals surface area contributed by atoms with Crippen LogP contribution >= 0.6 is 0 Å². The molecule has 0 N–H and O–H groups in total. The van der Waals surface area contributed by atoms with Gasteiger partial charge >= 0.3 is 17.9 Å². The summed E-state index contributed by atoms with van der Waals surface area (Å²) < 4.78 is 16.9. The van der Waals surface area contributed by atoms with Gasteiger partial charge in [0, 0.05) is 19.3 Å². The lowest BCUT2D eigenvalue weighted by molar-refractivity contribution is -0.167. The maximum Gasteiger partial charge on any atom is 0.306 e. The van der Waals surface area contributed by atoms with Crippen molar-refractivity contribution in [1.29, 1.82) is 0 Å². The van der Waals surface area contributed by atoms with Gasteiger partial charge in [0.2, 0.25) is 0 Å². The lowest BCUT2D eigenvalue weighted by atomic mass is 9.99. The highest BCUT2D eigenvalue weighted by Gasteiger charge is 2.19. The van der Waals surface area contributed by atoms with Crippen LogP contribution in [0.4, 0.5) is 0 Å². The minimum Gasteiger partial charge on any atom is -0.462 e. The van der Waals surface area contributed by atoms with E-state index in [0.717, 1.165) is 69.6 Å². The van der Waals surface area contributed by atoms with Gasteiger partial charge in [0.15, 0.2) is 6.10 Å². The molecule has 0 heterocycles. The van der Waals surface area contributed by atoms with Crippen molar-refractivity contribution >= 4 is 17.9 Å². The Morgan fingerprint density at radius 1 is 0.309 bits per heavy atom. The molecule has 404 valence electrons. The van der Waals surface area contributed by atoms with Gasteiger partial charge in [0.1, 0.15) is 13.2 Å². The number of ether oxygens (including phenoxy) is 3. The van der Waals surface area contributed by atoms with Crippen LogP contribution in [0.5, 0.6) is 0 Å². The predicted octanol–water partition coefficient (Wildman–Crippen LogP) is 20.4. The van der Waals surface area contributed by atoms with Crippen LogP contribution < -0.4 is 0 Å². The van der Waals surface area contributed by atoms with Gasteiger partial charge in [-0.1, -0.05) is 311 Å². The number of carbonyl (C=O) groups is 3. The van der Waals surface area contributed by atoms with E-state index in [9.17, 15) is 14.4 Å². The van der Waals surface area contributed by atoms with Crippen molar-refractivity contribution in [2.24, 2.45) is 11.8 Å². The molecule has 0 bridgehead atoms. The number of carbonyl (C=O) groups excluding carboxylic acids is 3. The molecule has 6 heteroatoms. The molecule has 1 unspecified atom stereocenters. The number of rotatable bonds is 56. The van der Waals surface area contributed by atoms with E-state index in [1.165, 1.54) is 238 Å². The van der Waals surface area contributed by atoms with Gasteiger partial charge in [0.25, 0.3) is 0 Å². The second kappa shape index (κ2) is 54.7. The molecule has 0 aliphatic heterocycles. The van der Waals surface area contributed by atoms with E-state index >= 15 is 0 Å². The summed E-state index contributed by atoms with van der Waals surface area (Å²) in [6.07, 6.45) is 59.5. The van der Waals surface area contributed by atoms with Crippen molar-refractivity contribution < 1.29 is 28.6 Å². The van der Waals surface area contributed by atoms with Crippen LogP contribution in [0.1, 0.15) is 349 Å². The first-order chi connectivity index (χ1) is 33.3. The van der Waals surface area contributed by atoms with Gasteiger partial charge in [-0.05, 0) is 31.1 Å². The van der Waals surface area contributed by atoms with Gasteiger partial charge in [-0.3, -0.25) is 14.4 Å². The molecule has 6 nitrogen and oxygen atoms in total. The molecular weight excluding hydrogens is 841 g/mol. The molecule has 68 heavy (non-hydrogen) atoms. The molecule has 0 radical (unpaired) electrons. The zero-order valence-corrected chi connectivity index (χ0v) is 46.7. The van der Waals surface area contributed by atoms with Crippen molar-refractivity contribution in [3.05, 3.63) is 0 Å². The summed E-state index contributed by atoms with van der Waals surface area (Å²) in [6, 6.07) is 0. The highest BCUT2D eigenvalue weighted by atomic mass is 16.6. The van der Waals surface area contributed by atoms with Gasteiger partial charge in [-0.25, -0.2) is 0 Å². The Morgan fingerprint density at radius 2 is 0.559 bits per heavy atom. The van der Waals surface area contributed by atoms with Crippen LogP contribution in [-0.4, -0.2) is 37.2 Å². The Balaban J connectivity index is 4.28. The number of esters is 3. The molecule has 0 saturated carbocycles. The van der Waals surface area contributed by atoms with Crippen LogP contribution in [0, 0.1) is 11.8 Å². The minimum absolute atomic E-state index is 0.0625. The molecule has 0 aliphatic rings. The van der Waals surface area contributed by atoms with E-state index in [-0.39, 0.29) is 31.1 Å². The average molecular weight is 962 g/mol. The summed E-state index contributed by atoms with van der Waals surface area (Å²) in [5.74, 6) is 0.876. The summed E-state index contributed by atoms with van der Waals surface area (Å²) in [6.45, 7) is 11.5. The van der Waals surface area contributed by atoms with Crippen LogP contribution in [0.15, 0.2) is 0 Å². The molecule has 0 spiro atoms. The van der Waals surface area contributed by atoms with Crippen molar-refractivity contribution in [2.75, 3.05) is 13.2 Å². The van der Waals surface area contributed by atoms with Gasteiger partial charge in [-0.15, -0.1) is 0 Å². The number of hydrogen-bond acceptors (Lipinski definition) is 6. The van der Waals surface area contributed by atoms with Crippen LogP contribution in [0.3, 0.4) is 0 Å². The van der Waals surface area contributed by atoms with E-state index in [4.69, 9.17) is 14.2 Å². The van der Waals surface area contributed by atoms with Crippen LogP contribution in [0.25, 0.3) is 0 Å². The molecule has 0 aromatic carbocycles. The average Bonchev–Trinajstić information content (AvgIpc) is 3.32. The first kappa shape index (κ1) is 66.4. The lowest BCUT2D eigenvalue weighted by Gasteiger charge is -2.18. The smallest absolute Gasteiger partial charge is 0.306 e. The topological polar surface area (TPSA) is 78.9 Å². The fraction of sp³-hybridized carbons (Fsp3) is 0.952. The van der Waals surface area contributed by atoms with Gasteiger partial charge in [-0.2, -0.15) is 0 Å². The third-order valence-corrected chi connectivity index (χ3v) is 14.6. The molecule has 0 rings (SSSR count). The SMILES string of the molecule is CCCCCCCCCCCCCCCCCCCCCC(=O)OC[C@@H](COC(=O)CCCCCCCCCCCCCCCCC(C)C)OC(=O)CCCCCCCCCCCCC(C)CC. The summed E-state index contributed by atoms with van der Waals surface area (Å²) >= 11 is 0. The van der Waals surface area contributed by atoms with E-state index in [0.29, 0.717) is 19.3 Å². The molecule has 0 aromatic heterocycles. The second-order valence-corrected chi connectivity index (χ2v) is 22.1. The third-order valence-electron chi connectivity index (χ3n) is 14.6. The minimum atomic E-state index is -0.764. The van der Waals surface area contributed by atoms with E-state index < -0.39 is 6.10 Å². The fourth-order valence-corrected chi connectivity index (χ4v) is 9.55. The van der Waals surface area contributed by atoms with E-state index in [1.807, 2.05) is 0 Å². The van der Waals surface area contributed by atoms with Crippen LogP contribution in [-0.2, 0) is 28.6 Å². The highest BCUT2D eigenvalue weighted by molar-refractivity contribution is 5.71. The Morgan fingerprint density at radius 3 is 0.838 bits per heavy atom. The normalized spacial score (nSPS) is 12.4. The van der Waals surface area contributed by atoms with Crippen molar-refractivity contribution in [2.45, 2.75) is 355 Å². The maximum absolute atomic E-state index is 12.9. The highest BCUT2D eigenvalue weighted by Crippen LogP contribution is 2.19. The standard InChI is InChI=1S/C62H120O6/c1-6-8-9-10-11-12-13-14-15-16-17-18-19-23-26-32-37-42-47-52-60(63)66-55-59(68-62(65)54-49-44-39-34-29-28-31-36-41-46-51-58(5)7-2)56-67-61(64)53-48-43-38-33-27-24-21-20-22-25-30-35-40-45-50-57(3)4/h57-59H,6-56H2,1-5H3/t58?,59-/m0/s1. The molecule has 2 atom stereocenters. The first-order valence-electron chi connectivity index (χ1n) is 30.8. The quantitative estimate of drug-likeness (QED) is 0.0343. The Labute approximate surface area is 425 Å². The number of hydrogen-bond donors (Lipinski definition) is 0. The molecule has 0 fully saturated rings. The lowest BCUT2D eigenvalue weighted by Crippen LogP contribution is -2.30. The second-order valence-electron chi connectivity index (χ2n) is 22.1. The van der Waals surface area contributed by atoms with Crippen molar-refractivity contribution in [1.82, 2.24) is 0 Å². The molecule has 0 aliphatic carbocycles. The van der Waals surface area contributed by atoms with Crippen molar-refractivity contribution in [3.63, 3.8) is 0 Å². The number of unbranched alkanes of at least 4 members (excludes halogenated alkanes) is 40. The van der Waals surface area contributed by atoms with E-state index in [2.05, 4.69) is 34.6 Å². The van der Waals surface area contributed by atoms with Crippen molar-refractivity contribution in [3.8, 4) is 0 Å². The largest absolute Gasteiger partial charge is 0.462 e. The Kier molecular flexibility index (Phi) is 53.5. The summed E-state index contributed by atoms with van der Waals surface area (Å²) in [7, 11) is 0. The van der Waals surface area contributed by atoms with Gasteiger partial charge in [0.05, 0.1) is 0 Å². The van der Waals surface area contributed by atoms with Gasteiger partial charge < -0.3 is 14.2 Å². The monoisotopic (exact) mass is 961 g/mol. The fourth-order valence-electron chi connectivity index (χ4n) is 9.55. The molecular formula is C62H120O6. The molecule has 0 amide bonds. The Bertz CT molecular complexity index is 1040. The Hall–Kier alpha value is -1.59. The maximum atomic E-state index is 12.9. The zero-order chi connectivity index (χ0) is 49.6. The predicted molar refractivity (Wildman–Crippen MR) is 293 cm³/mol. The zero-order valence-electron chi connectivity index (χ0n) is 46.7. The van der Waals surface area contributed by atoms with Crippen LogP contribution in [0.2, 0.25) is 0 Å². The van der Waals surface area contributed by atoms with E-state index in [1.54, 1.807) is 0 Å². The first-order valence-corrected chi connectivity index (χ1v) is 30.8. The summed E-state index contributed by atoms with van der Waals surface area (Å²) in [4.78, 5) is 38.2. The summed E-state index contributed by atoms with van der Waals surface area (Å²) in [5.41, 5.74) is 0. The molecule has 0 saturated heterocycles. The third kappa shape index (κ3) is 53.8.